The van der Waals surface area contributed by atoms with Crippen LogP contribution >= 0.6 is 23.2 Å². The van der Waals surface area contributed by atoms with Crippen LogP contribution in [0.3, 0.4) is 0 Å². The number of aromatic nitrogens is 2. The monoisotopic (exact) mass is 278 g/mol. The van der Waals surface area contributed by atoms with Gasteiger partial charge in [0.2, 0.25) is 5.28 Å². The number of amides is 1. The molecule has 0 aliphatic carbocycles. The Kier molecular flexibility index (Phi) is 4.36. The number of hydrogen-bond donors (Lipinski definition) is 2. The molecule has 2 N–H and O–H groups in total. The predicted octanol–water partition coefficient (Wildman–Crippen LogP) is 2.63. The van der Waals surface area contributed by atoms with E-state index >= 15 is 0 Å². The number of rotatable bonds is 2. The van der Waals surface area contributed by atoms with Crippen LogP contribution in [0.2, 0.25) is 10.4 Å². The molecule has 0 spiro atoms. The van der Waals surface area contributed by atoms with Gasteiger partial charge >= 0.3 is 6.09 Å². The van der Waals surface area contributed by atoms with E-state index in [1.807, 2.05) is 0 Å². The molecule has 0 aliphatic rings. The molecule has 6 nitrogen and oxygen atoms in total. The molecule has 0 saturated heterocycles. The Balaban J connectivity index is 2.53. The van der Waals surface area contributed by atoms with Crippen LogP contribution in [0.4, 0.5) is 10.6 Å². The van der Waals surface area contributed by atoms with Crippen LogP contribution in [-0.2, 0) is 4.74 Å². The van der Waals surface area contributed by atoms with Crippen molar-refractivity contribution in [1.29, 1.82) is 0 Å². The first kappa shape index (κ1) is 13.8. The van der Waals surface area contributed by atoms with Crippen LogP contribution in [0.5, 0.6) is 0 Å². The van der Waals surface area contributed by atoms with Crippen LogP contribution < -0.4 is 10.9 Å². The quantitative estimate of drug-likeness (QED) is 0.494. The van der Waals surface area contributed by atoms with E-state index in [2.05, 4.69) is 20.8 Å². The van der Waals surface area contributed by atoms with Crippen molar-refractivity contribution < 1.29 is 9.53 Å². The fraction of sp³-hybridized carbons (Fsp3) is 0.444. The van der Waals surface area contributed by atoms with Crippen molar-refractivity contribution in [3.8, 4) is 0 Å². The third-order valence-electron chi connectivity index (χ3n) is 1.36. The Morgan fingerprint density at radius 3 is 2.53 bits per heavy atom. The molecule has 0 aromatic carbocycles. The van der Waals surface area contributed by atoms with E-state index in [0.717, 1.165) is 0 Å². The van der Waals surface area contributed by atoms with E-state index in [9.17, 15) is 4.79 Å². The average molecular weight is 279 g/mol. The van der Waals surface area contributed by atoms with Crippen molar-refractivity contribution in [2.24, 2.45) is 0 Å². The SMILES string of the molecule is CC(C)(C)OC(=O)NNc1cc(Cl)nc(Cl)n1. The number of nitrogens with zero attached hydrogens (tertiary/aromatic N) is 2. The van der Waals surface area contributed by atoms with Gasteiger partial charge in [0.05, 0.1) is 0 Å². The first-order chi connectivity index (χ1) is 7.76. The highest BCUT2D eigenvalue weighted by atomic mass is 35.5. The number of hydrazine groups is 1. The Labute approximate surface area is 109 Å². The Morgan fingerprint density at radius 2 is 2.00 bits per heavy atom. The van der Waals surface area contributed by atoms with Gasteiger partial charge in [-0.05, 0) is 32.4 Å². The maximum absolute atomic E-state index is 11.3. The zero-order valence-electron chi connectivity index (χ0n) is 9.54. The minimum Gasteiger partial charge on any atom is -0.443 e. The molecule has 0 fully saturated rings. The Hall–Kier alpha value is -1.27. The molecule has 17 heavy (non-hydrogen) atoms. The fourth-order valence-electron chi connectivity index (χ4n) is 0.873. The summed E-state index contributed by atoms with van der Waals surface area (Å²) < 4.78 is 5.00. The third kappa shape index (κ3) is 5.55. The second-order valence-electron chi connectivity index (χ2n) is 4.10. The predicted molar refractivity (Wildman–Crippen MR) is 65.0 cm³/mol. The second-order valence-corrected chi connectivity index (χ2v) is 4.82. The van der Waals surface area contributed by atoms with E-state index in [-0.39, 0.29) is 16.3 Å². The lowest BCUT2D eigenvalue weighted by Crippen LogP contribution is -2.36. The molecular weight excluding hydrogens is 267 g/mol. The van der Waals surface area contributed by atoms with Crippen LogP contribution in [0, 0.1) is 0 Å². The number of halogens is 2. The number of carbonyl (C=O) groups is 1. The summed E-state index contributed by atoms with van der Waals surface area (Å²) >= 11 is 11.2. The van der Waals surface area contributed by atoms with Crippen molar-refractivity contribution in [3.63, 3.8) is 0 Å². The molecule has 0 atom stereocenters. The standard InChI is InChI=1S/C9H12Cl2N4O2/c1-9(2,3)17-8(16)15-14-6-4-5(10)12-7(11)13-6/h4H,1-3H3,(H,15,16)(H,12,13,14). The normalized spacial score (nSPS) is 10.9. The van der Waals surface area contributed by atoms with Crippen molar-refractivity contribution in [1.82, 2.24) is 15.4 Å². The highest BCUT2D eigenvalue weighted by molar-refractivity contribution is 6.32. The number of ether oxygens (including phenoxy) is 1. The van der Waals surface area contributed by atoms with Gasteiger partial charge in [-0.15, -0.1) is 0 Å². The first-order valence-electron chi connectivity index (χ1n) is 4.71. The maximum Gasteiger partial charge on any atom is 0.426 e. The van der Waals surface area contributed by atoms with Gasteiger partial charge < -0.3 is 4.74 Å². The van der Waals surface area contributed by atoms with Gasteiger partial charge in [0.25, 0.3) is 0 Å². The van der Waals surface area contributed by atoms with Crippen LogP contribution in [0.1, 0.15) is 20.8 Å². The van der Waals surface area contributed by atoms with Crippen molar-refractivity contribution in [3.05, 3.63) is 16.5 Å². The van der Waals surface area contributed by atoms with Crippen molar-refractivity contribution in [2.75, 3.05) is 5.43 Å². The number of hydrogen-bond acceptors (Lipinski definition) is 5. The minimum absolute atomic E-state index is 0.0222. The molecule has 1 rings (SSSR count). The lowest BCUT2D eigenvalue weighted by atomic mass is 10.2. The molecule has 1 aromatic rings. The van der Waals surface area contributed by atoms with Gasteiger partial charge in [-0.25, -0.2) is 15.2 Å². The van der Waals surface area contributed by atoms with Crippen LogP contribution in [0.15, 0.2) is 6.07 Å². The topological polar surface area (TPSA) is 76.1 Å². The largest absolute Gasteiger partial charge is 0.443 e. The molecule has 0 saturated carbocycles. The van der Waals surface area contributed by atoms with Gasteiger partial charge in [-0.3, -0.25) is 5.43 Å². The zero-order valence-corrected chi connectivity index (χ0v) is 11.1. The van der Waals surface area contributed by atoms with E-state index in [1.54, 1.807) is 20.8 Å². The average Bonchev–Trinajstić information content (AvgIpc) is 2.10. The molecule has 0 radical (unpaired) electrons. The number of anilines is 1. The molecule has 0 unspecified atom stereocenters. The van der Waals surface area contributed by atoms with E-state index < -0.39 is 11.7 Å². The van der Waals surface area contributed by atoms with E-state index in [4.69, 9.17) is 27.9 Å². The van der Waals surface area contributed by atoms with Crippen LogP contribution in [-0.4, -0.2) is 21.7 Å². The van der Waals surface area contributed by atoms with Gasteiger partial charge in [0.15, 0.2) is 5.82 Å². The highest BCUT2D eigenvalue weighted by Gasteiger charge is 2.15. The molecule has 0 aliphatic heterocycles. The summed E-state index contributed by atoms with van der Waals surface area (Å²) in [7, 11) is 0. The summed E-state index contributed by atoms with van der Waals surface area (Å²) in [6.45, 7) is 5.26. The second kappa shape index (κ2) is 5.37. The lowest BCUT2D eigenvalue weighted by Gasteiger charge is -2.19. The molecule has 1 heterocycles. The molecule has 1 amide bonds. The highest BCUT2D eigenvalue weighted by Crippen LogP contribution is 2.13. The Bertz CT molecular complexity index is 400. The minimum atomic E-state index is -0.636. The molecular formula is C9H12Cl2N4O2. The van der Waals surface area contributed by atoms with Crippen molar-refractivity contribution >= 4 is 35.1 Å². The number of carbonyl (C=O) groups excluding carboxylic acids is 1. The summed E-state index contributed by atoms with van der Waals surface area (Å²) in [5, 5.41) is 0.143. The summed E-state index contributed by atoms with van der Waals surface area (Å²) in [5.74, 6) is 0.265. The molecule has 8 heteroatoms. The molecule has 0 bridgehead atoms. The summed E-state index contributed by atoms with van der Waals surface area (Å²) in [6.07, 6.45) is -0.636. The Morgan fingerprint density at radius 1 is 1.35 bits per heavy atom. The number of nitrogens with one attached hydrogen (secondary N) is 2. The van der Waals surface area contributed by atoms with Crippen LogP contribution in [0.25, 0.3) is 0 Å². The van der Waals surface area contributed by atoms with Gasteiger partial charge in [-0.1, -0.05) is 11.6 Å². The van der Waals surface area contributed by atoms with Gasteiger partial charge in [0.1, 0.15) is 10.8 Å². The fourth-order valence-corrected chi connectivity index (χ4v) is 1.28. The van der Waals surface area contributed by atoms with Crippen molar-refractivity contribution in [2.45, 2.75) is 26.4 Å². The van der Waals surface area contributed by atoms with E-state index in [0.29, 0.717) is 0 Å². The summed E-state index contributed by atoms with van der Waals surface area (Å²) in [4.78, 5) is 18.7. The molecule has 94 valence electrons. The smallest absolute Gasteiger partial charge is 0.426 e. The zero-order chi connectivity index (χ0) is 13.1. The van der Waals surface area contributed by atoms with Gasteiger partial charge in [0, 0.05) is 6.07 Å². The summed E-state index contributed by atoms with van der Waals surface area (Å²) in [5.41, 5.74) is 4.22. The van der Waals surface area contributed by atoms with E-state index in [1.165, 1.54) is 6.07 Å². The maximum atomic E-state index is 11.3. The van der Waals surface area contributed by atoms with Gasteiger partial charge in [-0.2, -0.15) is 4.98 Å². The molecule has 1 aromatic heterocycles. The third-order valence-corrected chi connectivity index (χ3v) is 1.72. The first-order valence-corrected chi connectivity index (χ1v) is 5.47. The lowest BCUT2D eigenvalue weighted by molar-refractivity contribution is 0.0541. The summed E-state index contributed by atoms with van der Waals surface area (Å²) in [6, 6.07) is 1.41.